The largest absolute Gasteiger partial charge is 0.379 e. The zero-order valence-corrected chi connectivity index (χ0v) is 12.7. The van der Waals surface area contributed by atoms with E-state index in [4.69, 9.17) is 10.5 Å². The molecular formula is C17H22N2O2. The van der Waals surface area contributed by atoms with Gasteiger partial charge in [-0.3, -0.25) is 4.79 Å². The molecular weight excluding hydrogens is 264 g/mol. The van der Waals surface area contributed by atoms with Gasteiger partial charge in [-0.05, 0) is 44.4 Å². The lowest BCUT2D eigenvalue weighted by Gasteiger charge is -2.34. The summed E-state index contributed by atoms with van der Waals surface area (Å²) in [5, 5.41) is 3.10. The molecule has 0 spiro atoms. The average Bonchev–Trinajstić information content (AvgIpc) is 2.46. The van der Waals surface area contributed by atoms with Crippen molar-refractivity contribution in [2.45, 2.75) is 32.2 Å². The molecule has 1 atom stereocenters. The average molecular weight is 286 g/mol. The van der Waals surface area contributed by atoms with Crippen LogP contribution in [0.25, 0.3) is 0 Å². The molecule has 4 heteroatoms. The minimum absolute atomic E-state index is 0.0723. The second kappa shape index (κ2) is 6.75. The van der Waals surface area contributed by atoms with Crippen LogP contribution in [0.5, 0.6) is 0 Å². The monoisotopic (exact) mass is 286 g/mol. The third-order valence-electron chi connectivity index (χ3n) is 3.76. The lowest BCUT2D eigenvalue weighted by Crippen LogP contribution is -2.51. The maximum Gasteiger partial charge on any atom is 0.252 e. The third kappa shape index (κ3) is 3.84. The van der Waals surface area contributed by atoms with E-state index in [0.29, 0.717) is 18.7 Å². The Morgan fingerprint density at radius 3 is 3.00 bits per heavy atom. The van der Waals surface area contributed by atoms with Crippen molar-refractivity contribution < 1.29 is 9.53 Å². The molecule has 0 aliphatic carbocycles. The number of hydrogen-bond acceptors (Lipinski definition) is 3. The Hall–Kier alpha value is -1.83. The lowest BCUT2D eigenvalue weighted by atomic mass is 9.93. The summed E-state index contributed by atoms with van der Waals surface area (Å²) in [4.78, 5) is 12.5. The number of carbonyl (C=O) groups is 1. The SMILES string of the molecule is Cc1c(C#CCN)cccc1C(=O)NC1(C)CCCOC1. The van der Waals surface area contributed by atoms with Gasteiger partial charge in [0.05, 0.1) is 18.7 Å². The summed E-state index contributed by atoms with van der Waals surface area (Å²) < 4.78 is 5.48. The number of carbonyl (C=O) groups excluding carboxylic acids is 1. The molecule has 3 N–H and O–H groups in total. The van der Waals surface area contributed by atoms with E-state index in [9.17, 15) is 4.79 Å². The highest BCUT2D eigenvalue weighted by Gasteiger charge is 2.30. The van der Waals surface area contributed by atoms with E-state index in [-0.39, 0.29) is 11.4 Å². The van der Waals surface area contributed by atoms with Gasteiger partial charge in [-0.2, -0.15) is 0 Å². The Balaban J connectivity index is 2.19. The van der Waals surface area contributed by atoms with Crippen molar-refractivity contribution in [2.24, 2.45) is 5.73 Å². The van der Waals surface area contributed by atoms with Gasteiger partial charge in [0.25, 0.3) is 5.91 Å². The number of hydrogen-bond donors (Lipinski definition) is 2. The number of nitrogens with one attached hydrogen (secondary N) is 1. The molecule has 0 bridgehead atoms. The summed E-state index contributed by atoms with van der Waals surface area (Å²) in [6.07, 6.45) is 1.90. The van der Waals surface area contributed by atoms with E-state index in [1.807, 2.05) is 32.0 Å². The number of rotatable bonds is 2. The van der Waals surface area contributed by atoms with Crippen molar-refractivity contribution in [2.75, 3.05) is 19.8 Å². The smallest absolute Gasteiger partial charge is 0.252 e. The highest BCUT2D eigenvalue weighted by atomic mass is 16.5. The van der Waals surface area contributed by atoms with Crippen LogP contribution in [-0.2, 0) is 4.74 Å². The fraction of sp³-hybridized carbons (Fsp3) is 0.471. The molecule has 1 amide bonds. The van der Waals surface area contributed by atoms with Gasteiger partial charge in [-0.25, -0.2) is 0 Å². The molecule has 0 aromatic heterocycles. The normalized spacial score (nSPS) is 21.3. The fourth-order valence-corrected chi connectivity index (χ4v) is 2.54. The Morgan fingerprint density at radius 2 is 2.33 bits per heavy atom. The summed E-state index contributed by atoms with van der Waals surface area (Å²) in [6, 6.07) is 5.58. The highest BCUT2D eigenvalue weighted by molar-refractivity contribution is 5.96. The first-order valence-electron chi connectivity index (χ1n) is 7.24. The van der Waals surface area contributed by atoms with Crippen LogP contribution >= 0.6 is 0 Å². The van der Waals surface area contributed by atoms with Crippen molar-refractivity contribution in [1.82, 2.24) is 5.32 Å². The highest BCUT2D eigenvalue weighted by Crippen LogP contribution is 2.20. The predicted molar refractivity (Wildman–Crippen MR) is 83.0 cm³/mol. The standard InChI is InChI=1S/C17H22N2O2/c1-13-14(7-4-10-18)6-3-8-15(13)16(20)19-17(2)9-5-11-21-12-17/h3,6,8H,5,9-12,18H2,1-2H3,(H,19,20). The molecule has 21 heavy (non-hydrogen) atoms. The number of benzene rings is 1. The first-order chi connectivity index (χ1) is 10.1. The van der Waals surface area contributed by atoms with Gasteiger partial charge in [0.1, 0.15) is 0 Å². The van der Waals surface area contributed by atoms with Crippen LogP contribution in [0.15, 0.2) is 18.2 Å². The topological polar surface area (TPSA) is 64.4 Å². The zero-order chi connectivity index (χ0) is 15.3. The number of amides is 1. The van der Waals surface area contributed by atoms with Gasteiger partial charge < -0.3 is 15.8 Å². The molecule has 4 nitrogen and oxygen atoms in total. The summed E-state index contributed by atoms with van der Waals surface area (Å²) >= 11 is 0. The Kier molecular flexibility index (Phi) is 5.00. The van der Waals surface area contributed by atoms with E-state index in [1.165, 1.54) is 0 Å². The Bertz CT molecular complexity index is 578. The van der Waals surface area contributed by atoms with Crippen LogP contribution in [0.1, 0.15) is 41.3 Å². The van der Waals surface area contributed by atoms with E-state index >= 15 is 0 Å². The summed E-state index contributed by atoms with van der Waals surface area (Å²) in [5.74, 6) is 5.76. The Morgan fingerprint density at radius 1 is 1.52 bits per heavy atom. The second-order valence-electron chi connectivity index (χ2n) is 5.65. The van der Waals surface area contributed by atoms with E-state index in [2.05, 4.69) is 17.2 Å². The second-order valence-corrected chi connectivity index (χ2v) is 5.65. The Labute approximate surface area is 126 Å². The van der Waals surface area contributed by atoms with Gasteiger partial charge >= 0.3 is 0 Å². The van der Waals surface area contributed by atoms with Crippen molar-refractivity contribution in [3.63, 3.8) is 0 Å². The molecule has 1 saturated heterocycles. The van der Waals surface area contributed by atoms with Crippen molar-refractivity contribution in [3.8, 4) is 11.8 Å². The van der Waals surface area contributed by atoms with E-state index < -0.39 is 0 Å². The van der Waals surface area contributed by atoms with Crippen molar-refractivity contribution in [1.29, 1.82) is 0 Å². The van der Waals surface area contributed by atoms with Crippen LogP contribution in [0.3, 0.4) is 0 Å². The molecule has 1 aliphatic rings. The quantitative estimate of drug-likeness (QED) is 0.812. The number of nitrogens with two attached hydrogens (primary N) is 1. The van der Waals surface area contributed by atoms with Crippen molar-refractivity contribution in [3.05, 3.63) is 34.9 Å². The molecule has 1 aromatic rings. The van der Waals surface area contributed by atoms with Gasteiger partial charge in [0.15, 0.2) is 0 Å². The summed E-state index contributed by atoms with van der Waals surface area (Å²) in [7, 11) is 0. The summed E-state index contributed by atoms with van der Waals surface area (Å²) in [5.41, 5.74) is 7.50. The van der Waals surface area contributed by atoms with Gasteiger partial charge in [-0.1, -0.05) is 17.9 Å². The van der Waals surface area contributed by atoms with Crippen LogP contribution in [0.2, 0.25) is 0 Å². The molecule has 0 radical (unpaired) electrons. The van der Waals surface area contributed by atoms with Crippen LogP contribution in [0.4, 0.5) is 0 Å². The lowest BCUT2D eigenvalue weighted by molar-refractivity contribution is 0.0272. The molecule has 1 heterocycles. The van der Waals surface area contributed by atoms with Crippen LogP contribution < -0.4 is 11.1 Å². The van der Waals surface area contributed by atoms with Gasteiger partial charge in [0.2, 0.25) is 0 Å². The van der Waals surface area contributed by atoms with E-state index in [1.54, 1.807) is 0 Å². The molecule has 1 unspecified atom stereocenters. The minimum Gasteiger partial charge on any atom is -0.379 e. The van der Waals surface area contributed by atoms with Gasteiger partial charge in [0, 0.05) is 17.7 Å². The molecule has 1 aliphatic heterocycles. The first-order valence-corrected chi connectivity index (χ1v) is 7.24. The minimum atomic E-state index is -0.291. The number of ether oxygens (including phenoxy) is 1. The maximum absolute atomic E-state index is 12.5. The van der Waals surface area contributed by atoms with Crippen LogP contribution in [0, 0.1) is 18.8 Å². The zero-order valence-electron chi connectivity index (χ0n) is 12.7. The van der Waals surface area contributed by atoms with Crippen molar-refractivity contribution >= 4 is 5.91 Å². The maximum atomic E-state index is 12.5. The molecule has 1 fully saturated rings. The van der Waals surface area contributed by atoms with Crippen LogP contribution in [-0.4, -0.2) is 31.2 Å². The fourth-order valence-electron chi connectivity index (χ4n) is 2.54. The molecule has 0 saturated carbocycles. The molecule has 112 valence electrons. The summed E-state index contributed by atoms with van der Waals surface area (Å²) in [6.45, 7) is 5.58. The first kappa shape index (κ1) is 15.6. The third-order valence-corrected chi connectivity index (χ3v) is 3.76. The predicted octanol–water partition coefficient (Wildman–Crippen LogP) is 1.60. The van der Waals surface area contributed by atoms with E-state index in [0.717, 1.165) is 30.6 Å². The molecule has 2 rings (SSSR count). The molecule has 1 aromatic carbocycles. The van der Waals surface area contributed by atoms with Gasteiger partial charge in [-0.15, -0.1) is 0 Å².